The maximum atomic E-state index is 4.22. The quantitative estimate of drug-likeness (QED) is 0.927. The van der Waals surface area contributed by atoms with Crippen molar-refractivity contribution in [3.63, 3.8) is 0 Å². The van der Waals surface area contributed by atoms with Gasteiger partial charge in [-0.3, -0.25) is 10.00 Å². The number of fused-ring (bicyclic) bond motifs is 5. The Morgan fingerprint density at radius 2 is 2.23 bits per heavy atom. The smallest absolute Gasteiger partial charge is 0.113 e. The molecule has 3 aliphatic rings. The van der Waals surface area contributed by atoms with Crippen molar-refractivity contribution in [1.29, 1.82) is 0 Å². The number of aromatic nitrogens is 3. The number of rotatable bonds is 2. The zero-order valence-corrected chi connectivity index (χ0v) is 13.5. The largest absolute Gasteiger partial charge is 0.299 e. The first-order valence-corrected chi connectivity index (χ1v) is 8.73. The SMILES string of the molecule is C[C@H]1C2Cc3cc4nn[nH]c4cc3[C@@]1(C)CCN2CC1CC1. The molecular weight excluding hydrogens is 272 g/mol. The summed E-state index contributed by atoms with van der Waals surface area (Å²) in [6.07, 6.45) is 5.36. The monoisotopic (exact) mass is 296 g/mol. The summed E-state index contributed by atoms with van der Waals surface area (Å²) in [4.78, 5) is 2.79. The van der Waals surface area contributed by atoms with Crippen LogP contribution in [0.25, 0.3) is 11.0 Å². The van der Waals surface area contributed by atoms with Gasteiger partial charge in [-0.25, -0.2) is 0 Å². The molecule has 5 rings (SSSR count). The van der Waals surface area contributed by atoms with Crippen molar-refractivity contribution in [2.75, 3.05) is 13.1 Å². The van der Waals surface area contributed by atoms with Crippen LogP contribution < -0.4 is 0 Å². The van der Waals surface area contributed by atoms with Crippen LogP contribution in [0.1, 0.15) is 44.2 Å². The van der Waals surface area contributed by atoms with Gasteiger partial charge >= 0.3 is 0 Å². The molecule has 0 amide bonds. The molecule has 22 heavy (non-hydrogen) atoms. The van der Waals surface area contributed by atoms with Crippen molar-refractivity contribution in [2.24, 2.45) is 11.8 Å². The Morgan fingerprint density at radius 1 is 1.36 bits per heavy atom. The van der Waals surface area contributed by atoms with E-state index < -0.39 is 0 Å². The van der Waals surface area contributed by atoms with Crippen LogP contribution in [-0.4, -0.2) is 39.4 Å². The molecule has 0 radical (unpaired) electrons. The highest BCUT2D eigenvalue weighted by atomic mass is 15.3. The lowest BCUT2D eigenvalue weighted by atomic mass is 9.59. The number of H-pyrrole nitrogens is 1. The highest BCUT2D eigenvalue weighted by Gasteiger charge is 2.49. The van der Waals surface area contributed by atoms with E-state index in [4.69, 9.17) is 0 Å². The molecule has 1 saturated heterocycles. The number of hydrogen-bond donors (Lipinski definition) is 1. The van der Waals surface area contributed by atoms with E-state index in [0.717, 1.165) is 22.9 Å². The van der Waals surface area contributed by atoms with Crippen molar-refractivity contribution >= 4 is 11.0 Å². The number of aromatic amines is 1. The van der Waals surface area contributed by atoms with Gasteiger partial charge in [0, 0.05) is 12.6 Å². The van der Waals surface area contributed by atoms with Gasteiger partial charge in [-0.2, -0.15) is 0 Å². The molecule has 1 aromatic heterocycles. The minimum atomic E-state index is 0.303. The second kappa shape index (κ2) is 4.31. The Bertz CT molecular complexity index is 732. The average molecular weight is 296 g/mol. The van der Waals surface area contributed by atoms with Gasteiger partial charge in [0.15, 0.2) is 0 Å². The Balaban J connectivity index is 1.60. The standard InChI is InChI=1S/C18H24N4/c1-11-17-8-13-7-15-16(20-21-19-15)9-14(13)18(11,2)5-6-22(17)10-12-3-4-12/h7,9,11-12,17H,3-6,8,10H2,1-2H3,(H,19,20,21)/t11-,17?,18-/m0/s1. The zero-order valence-electron chi connectivity index (χ0n) is 13.5. The predicted octanol–water partition coefficient (Wildman–Crippen LogP) is 2.89. The van der Waals surface area contributed by atoms with Gasteiger partial charge in [-0.15, -0.1) is 5.10 Å². The number of benzene rings is 1. The predicted molar refractivity (Wildman–Crippen MR) is 86.8 cm³/mol. The normalized spacial score (nSPS) is 34.8. The molecular formula is C18H24N4. The molecule has 2 aliphatic carbocycles. The van der Waals surface area contributed by atoms with Crippen molar-refractivity contribution in [2.45, 2.75) is 51.0 Å². The zero-order chi connectivity index (χ0) is 14.9. The van der Waals surface area contributed by atoms with E-state index in [9.17, 15) is 0 Å². The molecule has 2 fully saturated rings. The van der Waals surface area contributed by atoms with Gasteiger partial charge in [0.1, 0.15) is 5.52 Å². The third-order valence-electron chi connectivity index (χ3n) is 6.75. The second-order valence-electron chi connectivity index (χ2n) is 8.00. The number of nitrogens with one attached hydrogen (secondary N) is 1. The van der Waals surface area contributed by atoms with E-state index in [1.165, 1.54) is 44.3 Å². The lowest BCUT2D eigenvalue weighted by molar-refractivity contribution is 0.0285. The van der Waals surface area contributed by atoms with Gasteiger partial charge < -0.3 is 0 Å². The highest BCUT2D eigenvalue weighted by Crippen LogP contribution is 2.49. The number of likely N-dealkylation sites (tertiary alicyclic amines) is 1. The minimum absolute atomic E-state index is 0.303. The van der Waals surface area contributed by atoms with Crippen LogP contribution in [0.2, 0.25) is 0 Å². The molecule has 1 unspecified atom stereocenters. The molecule has 2 bridgehead atoms. The van der Waals surface area contributed by atoms with Crippen LogP contribution in [0.5, 0.6) is 0 Å². The van der Waals surface area contributed by atoms with Crippen molar-refractivity contribution < 1.29 is 0 Å². The first-order valence-electron chi connectivity index (χ1n) is 8.73. The summed E-state index contributed by atoms with van der Waals surface area (Å²) < 4.78 is 0. The van der Waals surface area contributed by atoms with Crippen LogP contribution in [0.15, 0.2) is 12.1 Å². The molecule has 4 nitrogen and oxygen atoms in total. The van der Waals surface area contributed by atoms with Crippen LogP contribution in [-0.2, 0) is 11.8 Å². The van der Waals surface area contributed by atoms with E-state index in [1.54, 1.807) is 5.56 Å². The molecule has 4 heteroatoms. The first-order chi connectivity index (χ1) is 10.6. The van der Waals surface area contributed by atoms with Gasteiger partial charge in [-0.05, 0) is 72.7 Å². The van der Waals surface area contributed by atoms with Gasteiger partial charge in [0.2, 0.25) is 0 Å². The Morgan fingerprint density at radius 3 is 3.05 bits per heavy atom. The topological polar surface area (TPSA) is 44.8 Å². The molecule has 0 spiro atoms. The van der Waals surface area contributed by atoms with Gasteiger partial charge in [0.05, 0.1) is 5.52 Å². The van der Waals surface area contributed by atoms with Crippen LogP contribution >= 0.6 is 0 Å². The molecule has 3 atom stereocenters. The fraction of sp³-hybridized carbons (Fsp3) is 0.667. The molecule has 116 valence electrons. The van der Waals surface area contributed by atoms with Crippen molar-refractivity contribution in [3.05, 3.63) is 23.3 Å². The maximum absolute atomic E-state index is 4.22. The molecule has 2 aromatic rings. The second-order valence-corrected chi connectivity index (χ2v) is 8.00. The Hall–Kier alpha value is -1.42. The van der Waals surface area contributed by atoms with Gasteiger partial charge in [-0.1, -0.05) is 19.1 Å². The van der Waals surface area contributed by atoms with E-state index in [-0.39, 0.29) is 0 Å². The third kappa shape index (κ3) is 1.73. The summed E-state index contributed by atoms with van der Waals surface area (Å²) in [5, 5.41) is 11.2. The first kappa shape index (κ1) is 13.1. The minimum Gasteiger partial charge on any atom is -0.299 e. The fourth-order valence-corrected chi connectivity index (χ4v) is 4.92. The summed E-state index contributed by atoms with van der Waals surface area (Å²) in [7, 11) is 0. The van der Waals surface area contributed by atoms with Gasteiger partial charge in [0.25, 0.3) is 0 Å². The molecule has 1 saturated carbocycles. The summed E-state index contributed by atoms with van der Waals surface area (Å²) in [5.74, 6) is 1.71. The third-order valence-corrected chi connectivity index (χ3v) is 6.75. The number of piperidine rings is 1. The van der Waals surface area contributed by atoms with Crippen molar-refractivity contribution in [1.82, 2.24) is 20.3 Å². The summed E-state index contributed by atoms with van der Waals surface area (Å²) in [6, 6.07) is 5.32. The molecule has 1 N–H and O–H groups in total. The molecule has 1 aliphatic heterocycles. The number of nitrogens with zero attached hydrogens (tertiary/aromatic N) is 3. The van der Waals surface area contributed by atoms with E-state index in [2.05, 4.69) is 46.3 Å². The Kier molecular flexibility index (Phi) is 2.56. The lowest BCUT2D eigenvalue weighted by Gasteiger charge is -2.54. The van der Waals surface area contributed by atoms with E-state index in [1.807, 2.05) is 0 Å². The number of hydrogen-bond acceptors (Lipinski definition) is 3. The fourth-order valence-electron chi connectivity index (χ4n) is 4.92. The Labute approximate surface area is 131 Å². The lowest BCUT2D eigenvalue weighted by Crippen LogP contribution is -2.58. The van der Waals surface area contributed by atoms with E-state index in [0.29, 0.717) is 11.5 Å². The maximum Gasteiger partial charge on any atom is 0.113 e. The summed E-state index contributed by atoms with van der Waals surface area (Å²) >= 11 is 0. The van der Waals surface area contributed by atoms with Crippen molar-refractivity contribution in [3.8, 4) is 0 Å². The van der Waals surface area contributed by atoms with Crippen LogP contribution in [0, 0.1) is 11.8 Å². The van der Waals surface area contributed by atoms with Crippen LogP contribution in [0.3, 0.4) is 0 Å². The van der Waals surface area contributed by atoms with Crippen LogP contribution in [0.4, 0.5) is 0 Å². The summed E-state index contributed by atoms with van der Waals surface area (Å²) in [5.41, 5.74) is 5.46. The average Bonchev–Trinajstić information content (AvgIpc) is 3.20. The van der Waals surface area contributed by atoms with E-state index >= 15 is 0 Å². The summed E-state index contributed by atoms with van der Waals surface area (Å²) in [6.45, 7) is 7.54. The molecule has 1 aromatic carbocycles. The molecule has 2 heterocycles. The highest BCUT2D eigenvalue weighted by molar-refractivity contribution is 5.76.